The number of carbonyl (C=O) groups excluding carboxylic acids is 2. The maximum Gasteiger partial charge on any atom is 0.297 e. The lowest BCUT2D eigenvalue weighted by Gasteiger charge is -2.32. The molecule has 1 unspecified atom stereocenters. The summed E-state index contributed by atoms with van der Waals surface area (Å²) in [4.78, 5) is 47.5. The Hall–Kier alpha value is -4.48. The van der Waals surface area contributed by atoms with Crippen LogP contribution in [0.25, 0.3) is 11.0 Å². The first kappa shape index (κ1) is 31.8. The molecule has 4 aromatic carbocycles. The number of para-hydroxylation sites is 1. The number of hydrogen-bond acceptors (Lipinski definition) is 8. The van der Waals surface area contributed by atoms with E-state index in [1.807, 2.05) is 63.2 Å². The summed E-state index contributed by atoms with van der Waals surface area (Å²) in [6.45, 7) is 6.05. The van der Waals surface area contributed by atoms with E-state index in [9.17, 15) is 9.59 Å². The molecule has 12 heteroatoms. The van der Waals surface area contributed by atoms with Gasteiger partial charge in [-0.1, -0.05) is 100 Å². The average Bonchev–Trinajstić information content (AvgIpc) is 3.72. The molecule has 1 spiro atoms. The minimum absolute atomic E-state index is 0.0190. The van der Waals surface area contributed by atoms with Crippen molar-refractivity contribution in [1.29, 1.82) is 0 Å². The van der Waals surface area contributed by atoms with Gasteiger partial charge in [0.25, 0.3) is 11.8 Å². The number of rotatable bonds is 6. The van der Waals surface area contributed by atoms with Crippen LogP contribution in [-0.2, 0) is 22.6 Å². The van der Waals surface area contributed by atoms with E-state index in [0.29, 0.717) is 36.8 Å². The topological polar surface area (TPSA) is 96.6 Å². The summed E-state index contributed by atoms with van der Waals surface area (Å²) in [7, 11) is 0. The average molecular weight is 726 g/mol. The molecule has 2 aliphatic heterocycles. The van der Waals surface area contributed by atoms with Crippen molar-refractivity contribution in [3.05, 3.63) is 144 Å². The number of hydrogen-bond donors (Lipinski definition) is 0. The fourth-order valence-electron chi connectivity index (χ4n) is 6.58. The van der Waals surface area contributed by atoms with E-state index in [1.54, 1.807) is 41.3 Å². The van der Waals surface area contributed by atoms with Crippen molar-refractivity contribution in [1.82, 2.24) is 10.2 Å². The molecule has 0 aliphatic carbocycles. The van der Waals surface area contributed by atoms with Crippen molar-refractivity contribution >= 4 is 79.9 Å². The maximum atomic E-state index is 15.2. The van der Waals surface area contributed by atoms with Gasteiger partial charge in [-0.25, -0.2) is 0 Å². The molecule has 4 heterocycles. The number of nitrogens with zero attached hydrogens (tertiary/aromatic N) is 4. The summed E-state index contributed by atoms with van der Waals surface area (Å²) >= 11 is 15.0. The van der Waals surface area contributed by atoms with E-state index in [2.05, 4.69) is 10.2 Å². The van der Waals surface area contributed by atoms with Gasteiger partial charge in [-0.3, -0.25) is 19.3 Å². The van der Waals surface area contributed by atoms with Crippen molar-refractivity contribution in [2.45, 2.75) is 42.9 Å². The molecule has 2 aromatic heterocycles. The van der Waals surface area contributed by atoms with Crippen molar-refractivity contribution in [2.24, 2.45) is 0 Å². The highest BCUT2D eigenvalue weighted by atomic mass is 35.5. The predicted molar refractivity (Wildman–Crippen MR) is 194 cm³/mol. The lowest BCUT2D eigenvalue weighted by atomic mass is 9.84. The van der Waals surface area contributed by atoms with Crippen LogP contribution in [0.3, 0.4) is 0 Å². The summed E-state index contributed by atoms with van der Waals surface area (Å²) in [6.07, 6.45) is 0. The highest BCUT2D eigenvalue weighted by molar-refractivity contribution is 8.00. The van der Waals surface area contributed by atoms with E-state index < -0.39 is 22.8 Å². The van der Waals surface area contributed by atoms with E-state index >= 15 is 4.79 Å². The summed E-state index contributed by atoms with van der Waals surface area (Å²) in [6, 6.07) is 24.0. The quantitative estimate of drug-likeness (QED) is 0.125. The molecule has 8 nitrogen and oxygen atoms in total. The SMILES string of the molecule is Cc1ccc(CN2C(=O)C3(c4ccccc42)c2c(oc4cc(C)c(C)cc4c2=O)C(=O)N3c2nnc(SCc3ccc(Cl)cc3Cl)s2)cc1. The van der Waals surface area contributed by atoms with Crippen LogP contribution >= 0.6 is 46.3 Å². The summed E-state index contributed by atoms with van der Waals surface area (Å²) in [5, 5.41) is 10.3. The number of aromatic nitrogens is 2. The Morgan fingerprint density at radius 1 is 0.898 bits per heavy atom. The van der Waals surface area contributed by atoms with Crippen LogP contribution in [0, 0.1) is 20.8 Å². The minimum atomic E-state index is -1.87. The lowest BCUT2D eigenvalue weighted by Crippen LogP contribution is -2.53. The van der Waals surface area contributed by atoms with Crippen molar-refractivity contribution < 1.29 is 14.0 Å². The van der Waals surface area contributed by atoms with Crippen molar-refractivity contribution in [2.75, 3.05) is 9.80 Å². The first-order valence-electron chi connectivity index (χ1n) is 15.4. The fourth-order valence-corrected chi connectivity index (χ4v) is 9.03. The number of fused-ring (bicyclic) bond motifs is 5. The van der Waals surface area contributed by atoms with Gasteiger partial charge in [-0.05, 0) is 73.4 Å². The molecule has 0 N–H and O–H groups in total. The molecule has 1 atom stereocenters. The second-order valence-electron chi connectivity index (χ2n) is 12.2. The van der Waals surface area contributed by atoms with Crippen LogP contribution in [0.2, 0.25) is 10.0 Å². The highest BCUT2D eigenvalue weighted by Crippen LogP contribution is 2.55. The molecule has 6 aromatic rings. The summed E-state index contributed by atoms with van der Waals surface area (Å²) in [5.74, 6) is -0.797. The Morgan fingerprint density at radius 3 is 2.43 bits per heavy atom. The first-order chi connectivity index (χ1) is 23.6. The molecule has 0 saturated carbocycles. The summed E-state index contributed by atoms with van der Waals surface area (Å²) in [5.41, 5.74) is 3.67. The van der Waals surface area contributed by atoms with Crippen LogP contribution in [0.1, 0.15) is 49.5 Å². The maximum absolute atomic E-state index is 15.2. The highest BCUT2D eigenvalue weighted by Gasteiger charge is 2.66. The number of amides is 2. The second-order valence-corrected chi connectivity index (χ2v) is 15.2. The number of thioether (sulfide) groups is 1. The van der Waals surface area contributed by atoms with Gasteiger partial charge < -0.3 is 9.32 Å². The Bertz CT molecular complexity index is 2430. The van der Waals surface area contributed by atoms with E-state index in [0.717, 1.165) is 39.2 Å². The van der Waals surface area contributed by atoms with Gasteiger partial charge in [-0.15, -0.1) is 10.2 Å². The van der Waals surface area contributed by atoms with Gasteiger partial charge in [0.1, 0.15) is 5.58 Å². The molecule has 2 amide bonds. The molecule has 0 fully saturated rings. The normalized spacial score (nSPS) is 16.7. The number of halogens is 2. The Balaban J connectivity index is 1.31. The van der Waals surface area contributed by atoms with Gasteiger partial charge >= 0.3 is 0 Å². The number of anilines is 2. The first-order valence-corrected chi connectivity index (χ1v) is 17.9. The molecule has 8 rings (SSSR count). The zero-order valence-corrected chi connectivity index (χ0v) is 29.6. The zero-order chi connectivity index (χ0) is 34.2. The molecule has 0 radical (unpaired) electrons. The molecule has 244 valence electrons. The van der Waals surface area contributed by atoms with Crippen LogP contribution in [0.5, 0.6) is 0 Å². The third kappa shape index (κ3) is 4.92. The number of aryl methyl sites for hydroxylation is 3. The van der Waals surface area contributed by atoms with Crippen molar-refractivity contribution in [3.8, 4) is 0 Å². The van der Waals surface area contributed by atoms with Crippen LogP contribution in [0.15, 0.2) is 92.4 Å². The fraction of sp³-hybridized carbons (Fsp3) is 0.162. The van der Waals surface area contributed by atoms with Crippen LogP contribution in [-0.4, -0.2) is 22.0 Å². The van der Waals surface area contributed by atoms with Gasteiger partial charge in [0, 0.05) is 21.4 Å². The molecular formula is C37H26Cl2N4O4S2. The lowest BCUT2D eigenvalue weighted by molar-refractivity contribution is -0.121. The predicted octanol–water partition coefficient (Wildman–Crippen LogP) is 8.62. The van der Waals surface area contributed by atoms with Gasteiger partial charge in [0.2, 0.25) is 10.9 Å². The van der Waals surface area contributed by atoms with E-state index in [1.165, 1.54) is 16.7 Å². The molecule has 2 aliphatic rings. The van der Waals surface area contributed by atoms with Crippen molar-refractivity contribution in [3.63, 3.8) is 0 Å². The molecule has 0 bridgehead atoms. The number of benzene rings is 4. The third-order valence-electron chi connectivity index (χ3n) is 9.16. The largest absolute Gasteiger partial charge is 0.450 e. The van der Waals surface area contributed by atoms with Gasteiger partial charge in [0.05, 0.1) is 23.2 Å². The summed E-state index contributed by atoms with van der Waals surface area (Å²) < 4.78 is 6.85. The molecule has 49 heavy (non-hydrogen) atoms. The Labute approximate surface area is 299 Å². The second kappa shape index (κ2) is 11.8. The Morgan fingerprint density at radius 2 is 1.65 bits per heavy atom. The van der Waals surface area contributed by atoms with E-state index in [4.69, 9.17) is 27.6 Å². The van der Waals surface area contributed by atoms with Gasteiger partial charge in [-0.2, -0.15) is 0 Å². The molecular weight excluding hydrogens is 699 g/mol. The third-order valence-corrected chi connectivity index (χ3v) is 11.8. The number of carbonyl (C=O) groups is 2. The van der Waals surface area contributed by atoms with E-state index in [-0.39, 0.29) is 28.6 Å². The standard InChI is InChI=1S/C37H26Cl2N4O4S2/c1-19-8-10-22(11-9-19)17-42-28-7-5-4-6-26(28)37(34(42)46)30-31(44)25-14-20(2)21(3)15-29(25)47-32(30)33(45)43(37)35-40-41-36(49-35)48-18-23-12-13-24(38)16-27(23)39/h4-16H,17-18H2,1-3H3. The monoisotopic (exact) mass is 724 g/mol. The molecule has 0 saturated heterocycles. The minimum Gasteiger partial charge on any atom is -0.450 e. The van der Waals surface area contributed by atoms with Gasteiger partial charge in [0.15, 0.2) is 15.3 Å². The van der Waals surface area contributed by atoms with Crippen LogP contribution in [0.4, 0.5) is 10.8 Å². The van der Waals surface area contributed by atoms with Crippen LogP contribution < -0.4 is 15.2 Å². The zero-order valence-electron chi connectivity index (χ0n) is 26.4. The smallest absolute Gasteiger partial charge is 0.297 e. The Kier molecular flexibility index (Phi) is 7.68.